The lowest BCUT2D eigenvalue weighted by atomic mass is 9.72. The number of halogens is 2. The monoisotopic (exact) mass is 572 g/mol. The predicted octanol–water partition coefficient (Wildman–Crippen LogP) is 7.59. The maximum absolute atomic E-state index is 13.6. The number of ether oxygens (including phenoxy) is 1. The number of fused-ring (bicyclic) bond motifs is 3. The minimum Gasteiger partial charge on any atom is -0.456 e. The summed E-state index contributed by atoms with van der Waals surface area (Å²) < 4.78 is 7.91. The van der Waals surface area contributed by atoms with Gasteiger partial charge in [0.15, 0.2) is 5.78 Å². The van der Waals surface area contributed by atoms with Crippen LogP contribution in [0, 0.1) is 0 Å². The van der Waals surface area contributed by atoms with Crippen molar-refractivity contribution in [2.75, 3.05) is 0 Å². The smallest absolute Gasteiger partial charge is 0.174 e. The normalized spacial score (nSPS) is 17.4. The van der Waals surface area contributed by atoms with Crippen molar-refractivity contribution in [2.45, 2.75) is 11.5 Å². The highest BCUT2D eigenvalue weighted by atomic mass is 79.9. The fourth-order valence-electron chi connectivity index (χ4n) is 4.98. The summed E-state index contributed by atoms with van der Waals surface area (Å²) in [6.45, 7) is 0. The molecule has 34 heavy (non-hydrogen) atoms. The summed E-state index contributed by atoms with van der Waals surface area (Å²) in [7, 11) is 0. The van der Waals surface area contributed by atoms with E-state index in [9.17, 15) is 9.90 Å². The summed E-state index contributed by atoms with van der Waals surface area (Å²) in [5.41, 5.74) is 2.79. The van der Waals surface area contributed by atoms with Crippen molar-refractivity contribution in [3.8, 4) is 11.5 Å². The molecule has 4 aromatic carbocycles. The van der Waals surface area contributed by atoms with Gasteiger partial charge in [0.25, 0.3) is 0 Å². The van der Waals surface area contributed by atoms with Gasteiger partial charge in [-0.15, -0.1) is 0 Å². The Bertz CT molecular complexity index is 1450. The first-order valence-electron chi connectivity index (χ1n) is 10.9. The zero-order chi connectivity index (χ0) is 23.4. The Morgan fingerprint density at radius 3 is 2.09 bits per heavy atom. The van der Waals surface area contributed by atoms with E-state index in [4.69, 9.17) is 4.74 Å². The molecule has 1 aliphatic carbocycles. The van der Waals surface area contributed by atoms with Crippen LogP contribution in [-0.2, 0) is 5.60 Å². The minimum atomic E-state index is -1.51. The summed E-state index contributed by atoms with van der Waals surface area (Å²) in [4.78, 5) is 13.6. The third-order valence-corrected chi connectivity index (χ3v) is 7.54. The van der Waals surface area contributed by atoms with E-state index in [2.05, 4.69) is 31.9 Å². The van der Waals surface area contributed by atoms with Gasteiger partial charge in [-0.05, 0) is 41.0 Å². The van der Waals surface area contributed by atoms with Crippen molar-refractivity contribution in [1.29, 1.82) is 0 Å². The zero-order valence-electron chi connectivity index (χ0n) is 17.8. The number of aliphatic hydroxyl groups is 1. The fraction of sp³-hybridized carbons (Fsp3) is 0.0690. The van der Waals surface area contributed by atoms with Gasteiger partial charge in [0.2, 0.25) is 0 Å². The summed E-state index contributed by atoms with van der Waals surface area (Å²) in [5.74, 6) is 0.644. The Morgan fingerprint density at radius 1 is 0.765 bits per heavy atom. The first-order valence-corrected chi connectivity index (χ1v) is 12.5. The van der Waals surface area contributed by atoms with Crippen molar-refractivity contribution in [3.63, 3.8) is 0 Å². The lowest BCUT2D eigenvalue weighted by Gasteiger charge is -2.38. The molecule has 5 heteroatoms. The van der Waals surface area contributed by atoms with E-state index < -0.39 is 11.5 Å². The predicted molar refractivity (Wildman–Crippen MR) is 139 cm³/mol. The second kappa shape index (κ2) is 8.05. The number of hydrogen-bond donors (Lipinski definition) is 1. The van der Waals surface area contributed by atoms with Crippen LogP contribution >= 0.6 is 31.9 Å². The highest BCUT2D eigenvalue weighted by Crippen LogP contribution is 2.53. The molecule has 0 fully saturated rings. The molecule has 1 heterocycles. The summed E-state index contributed by atoms with van der Waals surface area (Å²) in [6, 6.07) is 26.5. The molecule has 2 aliphatic rings. The zero-order valence-corrected chi connectivity index (χ0v) is 21.0. The molecule has 0 saturated heterocycles. The van der Waals surface area contributed by atoms with Crippen molar-refractivity contribution >= 4 is 43.7 Å². The Labute approximate surface area is 214 Å². The van der Waals surface area contributed by atoms with Gasteiger partial charge >= 0.3 is 0 Å². The number of Topliss-reactive ketones (excluding diaryl/α,β-unsaturated/α-hetero) is 1. The standard InChI is InChI=1S/C29H18Br2O3/c30-18-10-13-24-26(15-18)34-27-16-19(31)11-14-25(27)29(24,33)23-8-4-3-7-21(23)22-12-9-17-5-1-2-6-20(17)28(22)32/h1-16,22,33H. The van der Waals surface area contributed by atoms with Gasteiger partial charge in [-0.3, -0.25) is 4.79 Å². The summed E-state index contributed by atoms with van der Waals surface area (Å²) in [5, 5.41) is 12.6. The van der Waals surface area contributed by atoms with Gasteiger partial charge in [0, 0.05) is 25.6 Å². The van der Waals surface area contributed by atoms with Gasteiger partial charge in [-0.1, -0.05) is 105 Å². The molecule has 3 nitrogen and oxygen atoms in total. The number of ketones is 1. The molecule has 0 saturated carbocycles. The van der Waals surface area contributed by atoms with Crippen molar-refractivity contribution in [1.82, 2.24) is 0 Å². The van der Waals surface area contributed by atoms with E-state index in [1.165, 1.54) is 0 Å². The van der Waals surface area contributed by atoms with E-state index in [1.807, 2.05) is 97.1 Å². The molecule has 1 unspecified atom stereocenters. The van der Waals surface area contributed by atoms with Gasteiger partial charge in [0.05, 0.1) is 5.92 Å². The Kier molecular flexibility index (Phi) is 5.10. The molecular weight excluding hydrogens is 556 g/mol. The van der Waals surface area contributed by atoms with Gasteiger partial charge in [-0.2, -0.15) is 0 Å². The molecule has 4 aromatic rings. The molecule has 0 radical (unpaired) electrons. The molecule has 6 rings (SSSR count). The number of benzene rings is 4. The van der Waals surface area contributed by atoms with Crippen molar-refractivity contribution in [2.24, 2.45) is 0 Å². The van der Waals surface area contributed by atoms with Crippen LogP contribution in [0.1, 0.15) is 44.1 Å². The van der Waals surface area contributed by atoms with Crippen LogP contribution in [0.2, 0.25) is 0 Å². The summed E-state index contributed by atoms with van der Waals surface area (Å²) >= 11 is 7.03. The lowest BCUT2D eigenvalue weighted by molar-refractivity contribution is 0.0966. The average Bonchev–Trinajstić information content (AvgIpc) is 2.84. The molecule has 0 aromatic heterocycles. The minimum absolute atomic E-state index is 0.0215. The first-order chi connectivity index (χ1) is 16.5. The van der Waals surface area contributed by atoms with E-state index in [1.54, 1.807) is 0 Å². The van der Waals surface area contributed by atoms with E-state index >= 15 is 0 Å². The Morgan fingerprint density at radius 2 is 1.38 bits per heavy atom. The maximum atomic E-state index is 13.6. The highest BCUT2D eigenvalue weighted by molar-refractivity contribution is 9.10. The highest BCUT2D eigenvalue weighted by Gasteiger charge is 2.44. The molecule has 1 aliphatic heterocycles. The Balaban J connectivity index is 1.60. The number of carbonyl (C=O) groups excluding carboxylic acids is 1. The van der Waals surface area contributed by atoms with E-state index in [-0.39, 0.29) is 5.78 Å². The second-order valence-electron chi connectivity index (χ2n) is 8.47. The van der Waals surface area contributed by atoms with E-state index in [0.717, 1.165) is 20.1 Å². The van der Waals surface area contributed by atoms with Gasteiger partial charge in [0.1, 0.15) is 17.1 Å². The van der Waals surface area contributed by atoms with Crippen LogP contribution < -0.4 is 4.74 Å². The number of allylic oxidation sites excluding steroid dienone is 1. The van der Waals surface area contributed by atoms with Crippen LogP contribution in [0.25, 0.3) is 6.08 Å². The van der Waals surface area contributed by atoms with Crippen LogP contribution in [0.15, 0.2) is 100.0 Å². The molecular formula is C29H18Br2O3. The molecule has 0 bridgehead atoms. The third kappa shape index (κ3) is 3.22. The summed E-state index contributed by atoms with van der Waals surface area (Å²) in [6.07, 6.45) is 3.92. The number of rotatable bonds is 2. The fourth-order valence-corrected chi connectivity index (χ4v) is 5.66. The van der Waals surface area contributed by atoms with Crippen LogP contribution in [0.4, 0.5) is 0 Å². The van der Waals surface area contributed by atoms with Crippen molar-refractivity contribution in [3.05, 3.63) is 133 Å². The molecule has 1 atom stereocenters. The molecule has 0 amide bonds. The van der Waals surface area contributed by atoms with Crippen molar-refractivity contribution < 1.29 is 14.6 Å². The molecule has 166 valence electrons. The largest absolute Gasteiger partial charge is 0.456 e. The average molecular weight is 574 g/mol. The van der Waals surface area contributed by atoms with Gasteiger partial charge < -0.3 is 9.84 Å². The van der Waals surface area contributed by atoms with Crippen LogP contribution in [-0.4, -0.2) is 10.9 Å². The first kappa shape index (κ1) is 21.5. The SMILES string of the molecule is O=C1c2ccccc2C=CC1c1ccccc1C1(O)c2ccc(Br)cc2Oc2cc(Br)ccc21. The third-order valence-electron chi connectivity index (χ3n) is 6.55. The number of carbonyl (C=O) groups is 1. The van der Waals surface area contributed by atoms with E-state index in [0.29, 0.717) is 33.8 Å². The van der Waals surface area contributed by atoms with Crippen LogP contribution in [0.5, 0.6) is 11.5 Å². The maximum Gasteiger partial charge on any atom is 0.174 e. The van der Waals surface area contributed by atoms with Gasteiger partial charge in [-0.25, -0.2) is 0 Å². The Hall–Kier alpha value is -2.99. The molecule has 0 spiro atoms. The van der Waals surface area contributed by atoms with Crippen LogP contribution in [0.3, 0.4) is 0 Å². The second-order valence-corrected chi connectivity index (χ2v) is 10.3. The molecule has 1 N–H and O–H groups in total. The topological polar surface area (TPSA) is 46.5 Å². The quantitative estimate of drug-likeness (QED) is 0.269. The number of hydrogen-bond acceptors (Lipinski definition) is 3. The lowest BCUT2D eigenvalue weighted by Crippen LogP contribution is -2.34.